The van der Waals surface area contributed by atoms with Crippen LogP contribution >= 0.6 is 0 Å². The molecule has 2 rings (SSSR count). The number of aryl methyl sites for hydroxylation is 1. The summed E-state index contributed by atoms with van der Waals surface area (Å²) in [6.45, 7) is 1.84. The molecule has 0 bridgehead atoms. The highest BCUT2D eigenvalue weighted by Gasteiger charge is 2.12. The summed E-state index contributed by atoms with van der Waals surface area (Å²) in [6.07, 6.45) is 15.9. The lowest BCUT2D eigenvalue weighted by molar-refractivity contribution is 0.122. The van der Waals surface area contributed by atoms with Crippen LogP contribution in [0.15, 0.2) is 24.5 Å². The number of rotatable bonds is 8. The Bertz CT molecular complexity index is 319. The summed E-state index contributed by atoms with van der Waals surface area (Å²) in [5.41, 5.74) is 1.31. The summed E-state index contributed by atoms with van der Waals surface area (Å²) < 4.78 is 5.73. The van der Waals surface area contributed by atoms with Gasteiger partial charge in [-0.2, -0.15) is 0 Å². The van der Waals surface area contributed by atoms with Gasteiger partial charge in [-0.3, -0.25) is 4.98 Å². The van der Waals surface area contributed by atoms with E-state index >= 15 is 0 Å². The summed E-state index contributed by atoms with van der Waals surface area (Å²) in [7, 11) is 0. The number of ether oxygens (including phenoxy) is 1. The molecule has 2 heteroatoms. The Balaban J connectivity index is 1.42. The van der Waals surface area contributed by atoms with E-state index in [9.17, 15) is 0 Å². The molecule has 0 amide bonds. The third kappa shape index (κ3) is 6.20. The molecule has 0 unspecified atom stereocenters. The van der Waals surface area contributed by atoms with Crippen LogP contribution in [0.5, 0.6) is 0 Å². The fraction of sp³-hybridized carbons (Fsp3) is 0.706. The lowest BCUT2D eigenvalue weighted by Gasteiger charge is -2.21. The molecule has 0 aromatic carbocycles. The van der Waals surface area contributed by atoms with Crippen LogP contribution in [0.1, 0.15) is 56.9 Å². The SMILES string of the molecule is c1cncc(CCCOCCCC2CCCCC2)c1. The molecule has 1 aromatic heterocycles. The lowest BCUT2D eigenvalue weighted by atomic mass is 9.86. The van der Waals surface area contributed by atoms with Crippen LogP contribution in [0.4, 0.5) is 0 Å². The zero-order chi connectivity index (χ0) is 13.2. The van der Waals surface area contributed by atoms with Crippen molar-refractivity contribution in [1.82, 2.24) is 4.98 Å². The average molecular weight is 261 g/mol. The summed E-state index contributed by atoms with van der Waals surface area (Å²) in [5.74, 6) is 0.993. The molecule has 0 N–H and O–H groups in total. The Morgan fingerprint density at radius 3 is 2.74 bits per heavy atom. The van der Waals surface area contributed by atoms with E-state index in [1.807, 2.05) is 18.5 Å². The maximum absolute atomic E-state index is 5.73. The van der Waals surface area contributed by atoms with E-state index in [1.54, 1.807) is 0 Å². The Morgan fingerprint density at radius 2 is 1.95 bits per heavy atom. The van der Waals surface area contributed by atoms with Crippen LogP contribution < -0.4 is 0 Å². The third-order valence-corrected chi connectivity index (χ3v) is 4.10. The average Bonchev–Trinajstić information content (AvgIpc) is 2.48. The summed E-state index contributed by atoms with van der Waals surface area (Å²) in [6, 6.07) is 4.14. The smallest absolute Gasteiger partial charge is 0.0469 e. The van der Waals surface area contributed by atoms with Crippen LogP contribution in [0.3, 0.4) is 0 Å². The largest absolute Gasteiger partial charge is 0.381 e. The van der Waals surface area contributed by atoms with Crippen molar-refractivity contribution < 1.29 is 4.74 Å². The van der Waals surface area contributed by atoms with Crippen molar-refractivity contribution in [2.45, 2.75) is 57.8 Å². The van der Waals surface area contributed by atoms with Gasteiger partial charge in [0.05, 0.1) is 0 Å². The maximum atomic E-state index is 5.73. The molecule has 1 aliphatic rings. The predicted octanol–water partition coefficient (Wildman–Crippen LogP) is 4.39. The van der Waals surface area contributed by atoms with E-state index in [0.29, 0.717) is 0 Å². The number of aromatic nitrogens is 1. The van der Waals surface area contributed by atoms with Crippen molar-refractivity contribution >= 4 is 0 Å². The third-order valence-electron chi connectivity index (χ3n) is 4.10. The number of hydrogen-bond donors (Lipinski definition) is 0. The first-order valence-corrected chi connectivity index (χ1v) is 7.92. The molecule has 1 fully saturated rings. The number of nitrogens with zero attached hydrogens (tertiary/aromatic N) is 1. The van der Waals surface area contributed by atoms with Gasteiger partial charge in [-0.05, 0) is 43.2 Å². The standard InChI is InChI=1S/C17H27NO/c1-2-7-16(8-3-1)10-5-13-19-14-6-11-17-9-4-12-18-15-17/h4,9,12,15-16H,1-3,5-8,10-11,13-14H2. The normalized spacial score (nSPS) is 16.6. The molecule has 2 nitrogen and oxygen atoms in total. The molecule has 1 aromatic rings. The van der Waals surface area contributed by atoms with E-state index in [1.165, 1.54) is 50.5 Å². The van der Waals surface area contributed by atoms with E-state index in [0.717, 1.165) is 32.0 Å². The first-order valence-electron chi connectivity index (χ1n) is 7.92. The highest BCUT2D eigenvalue weighted by Crippen LogP contribution is 2.27. The molecule has 0 radical (unpaired) electrons. The number of pyridine rings is 1. The topological polar surface area (TPSA) is 22.1 Å². The van der Waals surface area contributed by atoms with Crippen molar-refractivity contribution in [2.24, 2.45) is 5.92 Å². The second-order valence-electron chi connectivity index (χ2n) is 5.72. The molecule has 106 valence electrons. The maximum Gasteiger partial charge on any atom is 0.0469 e. The molecular formula is C17H27NO. The van der Waals surface area contributed by atoms with Gasteiger partial charge >= 0.3 is 0 Å². The van der Waals surface area contributed by atoms with E-state index < -0.39 is 0 Å². The molecule has 0 aliphatic heterocycles. The Hall–Kier alpha value is -0.890. The lowest BCUT2D eigenvalue weighted by Crippen LogP contribution is -2.07. The van der Waals surface area contributed by atoms with Crippen molar-refractivity contribution in [3.05, 3.63) is 30.1 Å². The van der Waals surface area contributed by atoms with Gasteiger partial charge in [0, 0.05) is 25.6 Å². The highest BCUT2D eigenvalue weighted by atomic mass is 16.5. The van der Waals surface area contributed by atoms with Crippen molar-refractivity contribution in [2.75, 3.05) is 13.2 Å². The number of hydrogen-bond acceptors (Lipinski definition) is 2. The Kier molecular flexibility index (Phi) is 6.94. The van der Waals surface area contributed by atoms with Gasteiger partial charge in [0.2, 0.25) is 0 Å². The van der Waals surface area contributed by atoms with E-state index in [4.69, 9.17) is 4.74 Å². The molecule has 1 saturated carbocycles. The summed E-state index contributed by atoms with van der Waals surface area (Å²) in [4.78, 5) is 4.12. The summed E-state index contributed by atoms with van der Waals surface area (Å²) in [5, 5.41) is 0. The zero-order valence-electron chi connectivity index (χ0n) is 12.0. The van der Waals surface area contributed by atoms with Crippen LogP contribution in [0.25, 0.3) is 0 Å². The van der Waals surface area contributed by atoms with Crippen molar-refractivity contribution in [1.29, 1.82) is 0 Å². The van der Waals surface area contributed by atoms with Crippen molar-refractivity contribution in [3.63, 3.8) is 0 Å². The zero-order valence-corrected chi connectivity index (χ0v) is 12.0. The second-order valence-corrected chi connectivity index (χ2v) is 5.72. The van der Waals surface area contributed by atoms with Gasteiger partial charge in [0.1, 0.15) is 0 Å². The minimum atomic E-state index is 0.888. The minimum absolute atomic E-state index is 0.888. The monoisotopic (exact) mass is 261 g/mol. The van der Waals surface area contributed by atoms with Crippen LogP contribution in [-0.4, -0.2) is 18.2 Å². The van der Waals surface area contributed by atoms with Gasteiger partial charge in [-0.25, -0.2) is 0 Å². The molecule has 1 heterocycles. The van der Waals surface area contributed by atoms with Gasteiger partial charge in [0.25, 0.3) is 0 Å². The predicted molar refractivity (Wildman–Crippen MR) is 79.2 cm³/mol. The van der Waals surface area contributed by atoms with Gasteiger partial charge in [-0.15, -0.1) is 0 Å². The van der Waals surface area contributed by atoms with E-state index in [-0.39, 0.29) is 0 Å². The molecular weight excluding hydrogens is 234 g/mol. The molecule has 1 aliphatic carbocycles. The Morgan fingerprint density at radius 1 is 1.11 bits per heavy atom. The van der Waals surface area contributed by atoms with Gasteiger partial charge in [-0.1, -0.05) is 38.2 Å². The van der Waals surface area contributed by atoms with E-state index in [2.05, 4.69) is 11.1 Å². The first kappa shape index (κ1) is 14.5. The second kappa shape index (κ2) is 9.08. The molecule has 19 heavy (non-hydrogen) atoms. The fourth-order valence-corrected chi connectivity index (χ4v) is 2.98. The first-order chi connectivity index (χ1) is 9.45. The van der Waals surface area contributed by atoms with Gasteiger partial charge in [0.15, 0.2) is 0 Å². The summed E-state index contributed by atoms with van der Waals surface area (Å²) >= 11 is 0. The fourth-order valence-electron chi connectivity index (χ4n) is 2.98. The molecule has 0 saturated heterocycles. The minimum Gasteiger partial charge on any atom is -0.381 e. The Labute approximate surface area is 117 Å². The van der Waals surface area contributed by atoms with Crippen LogP contribution in [0.2, 0.25) is 0 Å². The molecule has 0 spiro atoms. The van der Waals surface area contributed by atoms with Crippen LogP contribution in [-0.2, 0) is 11.2 Å². The highest BCUT2D eigenvalue weighted by molar-refractivity contribution is 5.08. The van der Waals surface area contributed by atoms with Crippen LogP contribution in [0, 0.1) is 5.92 Å². The van der Waals surface area contributed by atoms with Gasteiger partial charge < -0.3 is 4.74 Å². The van der Waals surface area contributed by atoms with Crippen molar-refractivity contribution in [3.8, 4) is 0 Å². The molecule has 0 atom stereocenters. The quantitative estimate of drug-likeness (QED) is 0.647.